The van der Waals surface area contributed by atoms with Crippen LogP contribution in [0.15, 0.2) is 28.4 Å². The van der Waals surface area contributed by atoms with Crippen LogP contribution in [0.1, 0.15) is 16.5 Å². The molecule has 19 heavy (non-hydrogen) atoms. The van der Waals surface area contributed by atoms with Crippen LogP contribution in [-0.2, 0) is 6.42 Å². The van der Waals surface area contributed by atoms with E-state index in [4.69, 9.17) is 4.52 Å². The molecule has 7 heteroatoms. The summed E-state index contributed by atoms with van der Waals surface area (Å²) in [5.74, 6) is 0.960. The maximum Gasteiger partial charge on any atom is 0.259 e. The number of hydrogen-bond acceptors (Lipinski definition) is 7. The lowest BCUT2D eigenvalue weighted by atomic mass is 10.3. The Balaban J connectivity index is 1.83. The summed E-state index contributed by atoms with van der Waals surface area (Å²) >= 11 is 1.59. The molecule has 0 radical (unpaired) electrons. The lowest BCUT2D eigenvalue weighted by Crippen LogP contribution is -1.91. The molecule has 6 nitrogen and oxygen atoms in total. The molecule has 0 aromatic carbocycles. The molecule has 0 aliphatic rings. The second kappa shape index (κ2) is 4.77. The molecule has 0 unspecified atom stereocenters. The van der Waals surface area contributed by atoms with Crippen molar-refractivity contribution in [3.05, 3.63) is 40.4 Å². The first-order valence-corrected chi connectivity index (χ1v) is 6.46. The normalized spacial score (nSPS) is 10.8. The highest BCUT2D eigenvalue weighted by Crippen LogP contribution is 2.20. The van der Waals surface area contributed by atoms with E-state index in [1.54, 1.807) is 17.5 Å². The number of thiazole rings is 1. The predicted octanol–water partition coefficient (Wildman–Crippen LogP) is 2.19. The third-order valence-corrected chi connectivity index (χ3v) is 3.27. The summed E-state index contributed by atoms with van der Waals surface area (Å²) in [6.45, 7) is 1.95. The van der Waals surface area contributed by atoms with Crippen molar-refractivity contribution in [1.82, 2.24) is 20.1 Å². The molecule has 0 spiro atoms. The fourth-order valence-corrected chi connectivity index (χ4v) is 2.25. The molecule has 3 aromatic rings. The largest absolute Gasteiger partial charge is 0.506 e. The molecular weight excluding hydrogens is 264 g/mol. The van der Waals surface area contributed by atoms with Gasteiger partial charge in [-0.3, -0.25) is 4.98 Å². The highest BCUT2D eigenvalue weighted by atomic mass is 32.1. The fourth-order valence-electron chi connectivity index (χ4n) is 1.64. The Morgan fingerprint density at radius 3 is 2.95 bits per heavy atom. The molecule has 0 atom stereocenters. The van der Waals surface area contributed by atoms with Gasteiger partial charge in [-0.05, 0) is 13.0 Å². The molecule has 0 aliphatic carbocycles. The zero-order chi connectivity index (χ0) is 13.2. The van der Waals surface area contributed by atoms with Gasteiger partial charge in [0.25, 0.3) is 5.89 Å². The zero-order valence-corrected chi connectivity index (χ0v) is 10.9. The zero-order valence-electron chi connectivity index (χ0n) is 10.1. The van der Waals surface area contributed by atoms with Crippen LogP contribution in [-0.4, -0.2) is 25.2 Å². The molecule has 96 valence electrons. The Labute approximate surface area is 112 Å². The van der Waals surface area contributed by atoms with E-state index >= 15 is 0 Å². The Hall–Kier alpha value is -2.28. The molecule has 0 saturated heterocycles. The van der Waals surface area contributed by atoms with E-state index in [1.165, 1.54) is 12.3 Å². The lowest BCUT2D eigenvalue weighted by molar-refractivity contribution is 0.422. The van der Waals surface area contributed by atoms with Crippen LogP contribution in [0.4, 0.5) is 0 Å². The van der Waals surface area contributed by atoms with Gasteiger partial charge in [0.2, 0.25) is 0 Å². The minimum absolute atomic E-state index is 0.0624. The Bertz CT molecular complexity index is 707. The quantitative estimate of drug-likeness (QED) is 0.788. The summed E-state index contributed by atoms with van der Waals surface area (Å²) in [7, 11) is 0. The van der Waals surface area contributed by atoms with E-state index in [0.29, 0.717) is 23.7 Å². The van der Waals surface area contributed by atoms with Gasteiger partial charge in [-0.15, -0.1) is 11.3 Å². The molecule has 3 rings (SSSR count). The van der Waals surface area contributed by atoms with Gasteiger partial charge in [0.05, 0.1) is 28.9 Å². The first kappa shape index (κ1) is 11.8. The van der Waals surface area contributed by atoms with Crippen LogP contribution in [0, 0.1) is 6.92 Å². The van der Waals surface area contributed by atoms with Crippen LogP contribution in [0.5, 0.6) is 5.75 Å². The average molecular weight is 274 g/mol. The van der Waals surface area contributed by atoms with Crippen molar-refractivity contribution in [2.24, 2.45) is 0 Å². The summed E-state index contributed by atoms with van der Waals surface area (Å²) < 4.78 is 5.15. The second-order valence-electron chi connectivity index (χ2n) is 3.98. The third kappa shape index (κ3) is 2.60. The minimum Gasteiger partial charge on any atom is -0.506 e. The van der Waals surface area contributed by atoms with Crippen LogP contribution >= 0.6 is 11.3 Å². The number of hydrogen-bond donors (Lipinski definition) is 1. The van der Waals surface area contributed by atoms with Crippen molar-refractivity contribution >= 4 is 11.3 Å². The van der Waals surface area contributed by atoms with Gasteiger partial charge in [0, 0.05) is 11.6 Å². The summed E-state index contributed by atoms with van der Waals surface area (Å²) in [5.41, 5.74) is 1.51. The number of aromatic hydroxyl groups is 1. The van der Waals surface area contributed by atoms with Gasteiger partial charge in [-0.1, -0.05) is 5.16 Å². The first-order valence-electron chi connectivity index (χ1n) is 5.59. The SMILES string of the molecule is Cc1nc(Cc2noc(-c3cncc(O)c3)n2)cs1. The monoisotopic (exact) mass is 274 g/mol. The van der Waals surface area contributed by atoms with Crippen LogP contribution < -0.4 is 0 Å². The van der Waals surface area contributed by atoms with Crippen molar-refractivity contribution in [3.63, 3.8) is 0 Å². The van der Waals surface area contributed by atoms with Crippen molar-refractivity contribution in [2.75, 3.05) is 0 Å². The van der Waals surface area contributed by atoms with Gasteiger partial charge in [-0.25, -0.2) is 4.98 Å². The van der Waals surface area contributed by atoms with Crippen molar-refractivity contribution in [2.45, 2.75) is 13.3 Å². The van der Waals surface area contributed by atoms with Gasteiger partial charge >= 0.3 is 0 Å². The molecule has 0 saturated carbocycles. The van der Waals surface area contributed by atoms with Crippen molar-refractivity contribution in [3.8, 4) is 17.2 Å². The number of aromatic nitrogens is 4. The second-order valence-corrected chi connectivity index (χ2v) is 5.04. The number of rotatable bonds is 3. The molecule has 1 N–H and O–H groups in total. The number of aryl methyl sites for hydroxylation is 1. The topological polar surface area (TPSA) is 84.9 Å². The molecule has 0 amide bonds. The Morgan fingerprint density at radius 1 is 1.32 bits per heavy atom. The Kier molecular flexibility index (Phi) is 2.96. The van der Waals surface area contributed by atoms with E-state index in [2.05, 4.69) is 20.1 Å². The van der Waals surface area contributed by atoms with Crippen LogP contribution in [0.25, 0.3) is 11.5 Å². The maximum absolute atomic E-state index is 9.36. The summed E-state index contributed by atoms with van der Waals surface area (Å²) in [6.07, 6.45) is 3.43. The number of pyridine rings is 1. The van der Waals surface area contributed by atoms with E-state index in [0.717, 1.165) is 10.7 Å². The van der Waals surface area contributed by atoms with Gasteiger partial charge in [0.1, 0.15) is 5.75 Å². The third-order valence-electron chi connectivity index (χ3n) is 2.44. The standard InChI is InChI=1S/C12H10N4O2S/c1-7-14-9(6-19-7)3-11-15-12(18-16-11)8-2-10(17)5-13-4-8/h2,4-6,17H,3H2,1H3. The average Bonchev–Trinajstić information content (AvgIpc) is 2.99. The fraction of sp³-hybridized carbons (Fsp3) is 0.167. The maximum atomic E-state index is 9.36. The Morgan fingerprint density at radius 2 is 2.21 bits per heavy atom. The molecule has 3 heterocycles. The van der Waals surface area contributed by atoms with E-state index < -0.39 is 0 Å². The van der Waals surface area contributed by atoms with Crippen LogP contribution in [0.3, 0.4) is 0 Å². The van der Waals surface area contributed by atoms with Gasteiger partial charge in [0.15, 0.2) is 5.82 Å². The molecule has 3 aromatic heterocycles. The van der Waals surface area contributed by atoms with Crippen molar-refractivity contribution in [1.29, 1.82) is 0 Å². The molecular formula is C12H10N4O2S. The van der Waals surface area contributed by atoms with Gasteiger partial charge in [-0.2, -0.15) is 4.98 Å². The molecule has 0 fully saturated rings. The molecule has 0 aliphatic heterocycles. The van der Waals surface area contributed by atoms with E-state index in [1.807, 2.05) is 12.3 Å². The number of nitrogens with zero attached hydrogens (tertiary/aromatic N) is 4. The molecule has 0 bridgehead atoms. The summed E-state index contributed by atoms with van der Waals surface area (Å²) in [4.78, 5) is 12.5. The predicted molar refractivity (Wildman–Crippen MR) is 68.9 cm³/mol. The lowest BCUT2D eigenvalue weighted by Gasteiger charge is -1.93. The smallest absolute Gasteiger partial charge is 0.259 e. The van der Waals surface area contributed by atoms with E-state index in [-0.39, 0.29) is 5.75 Å². The summed E-state index contributed by atoms with van der Waals surface area (Å²) in [5, 5.41) is 16.2. The van der Waals surface area contributed by atoms with Crippen molar-refractivity contribution < 1.29 is 9.63 Å². The van der Waals surface area contributed by atoms with Gasteiger partial charge < -0.3 is 9.63 Å². The van der Waals surface area contributed by atoms with E-state index in [9.17, 15) is 5.11 Å². The highest BCUT2D eigenvalue weighted by molar-refractivity contribution is 7.09. The van der Waals surface area contributed by atoms with Crippen LogP contribution in [0.2, 0.25) is 0 Å². The first-order chi connectivity index (χ1) is 9.20. The highest BCUT2D eigenvalue weighted by Gasteiger charge is 2.11. The minimum atomic E-state index is 0.0624. The summed E-state index contributed by atoms with van der Waals surface area (Å²) in [6, 6.07) is 1.53.